The summed E-state index contributed by atoms with van der Waals surface area (Å²) in [7, 11) is 0. The van der Waals surface area contributed by atoms with Crippen LogP contribution in [0.2, 0.25) is 0 Å². The van der Waals surface area contributed by atoms with E-state index in [4.69, 9.17) is 25.5 Å². The molecule has 21 heteroatoms. The number of hydrogen-bond donors (Lipinski definition) is 21. The Kier molecular flexibility index (Phi) is 29.6. The van der Waals surface area contributed by atoms with Gasteiger partial charge in [0.1, 0.15) is 24.4 Å². The molecule has 4 fully saturated rings. The van der Waals surface area contributed by atoms with Crippen LogP contribution in [0.1, 0.15) is 90.0 Å². The average Bonchev–Trinajstić information content (AvgIpc) is 3.33. The fraction of sp³-hybridized carbons (Fsp3) is 0.867. The van der Waals surface area contributed by atoms with Gasteiger partial charge in [0.2, 0.25) is 0 Å². The first-order chi connectivity index (χ1) is 31.5. The van der Waals surface area contributed by atoms with Gasteiger partial charge in [-0.1, -0.05) is 102 Å². The van der Waals surface area contributed by atoms with Gasteiger partial charge in [-0.25, -0.2) is 0 Å². The van der Waals surface area contributed by atoms with E-state index in [1.807, 2.05) is 37.3 Å². The molecule has 4 saturated heterocycles. The molecule has 66 heavy (non-hydrogen) atoms. The highest BCUT2D eigenvalue weighted by Crippen LogP contribution is 2.22. The van der Waals surface area contributed by atoms with E-state index < -0.39 is 103 Å². The number of nitrogens with one attached hydrogen (secondary N) is 4. The standard InChI is InChI=1S/C15H31NO4.C13H19NO4.C10H21NO4.C7H15NO5/c1-2-3-4-5-6-7-8-9-11-13(18)15(20)14(19)12(10-17)16-11;15-7-10-12(17)13(18)11(16)9(14-10)6-8-4-2-1-3-5-8;1-2-3-4-6-8(13)10(15)9(14)7(5-12)11-6;9-1-3-5(11)7(13)6(12)4(2-10)8-3/h11-20H,2-10H2,1H3;1-5,9-18H,6-7H2;6-15H,2-5H2,1H3;3-13H,1-2H2/t11-,12-,13+,14-,15-;9-,10-,11+,12-,13-;6-,7-,8+,9-,10-;3-,4-,5-,6+,7?/m1111/s1. The molecule has 0 amide bonds. The third kappa shape index (κ3) is 18.3. The molecule has 0 aliphatic carbocycles. The summed E-state index contributed by atoms with van der Waals surface area (Å²) < 4.78 is 0. The Morgan fingerprint density at radius 1 is 0.318 bits per heavy atom. The number of benzene rings is 1. The Hall–Kier alpha value is -1.62. The van der Waals surface area contributed by atoms with E-state index in [-0.39, 0.29) is 51.2 Å². The van der Waals surface area contributed by atoms with Crippen LogP contribution in [0.4, 0.5) is 0 Å². The van der Waals surface area contributed by atoms with E-state index in [1.165, 1.54) is 32.1 Å². The zero-order chi connectivity index (χ0) is 49.5. The summed E-state index contributed by atoms with van der Waals surface area (Å²) >= 11 is 0. The maximum absolute atomic E-state index is 9.94. The zero-order valence-corrected chi connectivity index (χ0v) is 38.6. The van der Waals surface area contributed by atoms with Crippen molar-refractivity contribution in [2.45, 2.75) is 212 Å². The fourth-order valence-electron chi connectivity index (χ4n) is 8.71. The first-order valence-electron chi connectivity index (χ1n) is 23.8. The van der Waals surface area contributed by atoms with Crippen LogP contribution in [-0.4, -0.2) is 241 Å². The van der Waals surface area contributed by atoms with Crippen molar-refractivity contribution in [2.75, 3.05) is 33.0 Å². The summed E-state index contributed by atoms with van der Waals surface area (Å²) in [4.78, 5) is 0. The fourth-order valence-corrected chi connectivity index (χ4v) is 8.71. The maximum atomic E-state index is 9.94. The lowest BCUT2D eigenvalue weighted by Gasteiger charge is -2.41. The lowest BCUT2D eigenvalue weighted by atomic mass is 9.87. The molecular weight excluding hydrogens is 869 g/mol. The van der Waals surface area contributed by atoms with Crippen LogP contribution in [0.15, 0.2) is 30.3 Å². The topological polar surface area (TPSA) is 392 Å². The highest BCUT2D eigenvalue weighted by molar-refractivity contribution is 5.17. The van der Waals surface area contributed by atoms with Gasteiger partial charge in [-0.05, 0) is 24.8 Å². The minimum atomic E-state index is -1.34. The van der Waals surface area contributed by atoms with Gasteiger partial charge in [0, 0.05) is 18.1 Å². The number of aliphatic hydroxyl groups excluding tert-OH is 17. The highest BCUT2D eigenvalue weighted by Gasteiger charge is 2.44. The number of unbranched alkanes of at least 4 members (excludes halogenated alkanes) is 7. The summed E-state index contributed by atoms with van der Waals surface area (Å²) in [5.41, 5.74) is 1.02. The summed E-state index contributed by atoms with van der Waals surface area (Å²) in [6.45, 7) is 2.77. The molecule has 0 radical (unpaired) electrons. The molecule has 0 saturated carbocycles. The van der Waals surface area contributed by atoms with Crippen LogP contribution in [-0.2, 0) is 6.42 Å². The maximum Gasteiger partial charge on any atom is 0.109 e. The van der Waals surface area contributed by atoms with E-state index in [1.54, 1.807) is 0 Å². The average molecular weight is 955 g/mol. The first kappa shape index (κ1) is 60.5. The number of hydrogen-bond acceptors (Lipinski definition) is 21. The Bertz CT molecular complexity index is 1340. The molecule has 21 nitrogen and oxygen atoms in total. The van der Waals surface area contributed by atoms with Gasteiger partial charge in [0.25, 0.3) is 0 Å². The first-order valence-corrected chi connectivity index (χ1v) is 23.8. The van der Waals surface area contributed by atoms with Crippen molar-refractivity contribution in [1.82, 2.24) is 21.3 Å². The Morgan fingerprint density at radius 3 is 0.939 bits per heavy atom. The van der Waals surface area contributed by atoms with Crippen molar-refractivity contribution >= 4 is 0 Å². The Morgan fingerprint density at radius 2 is 0.591 bits per heavy atom. The monoisotopic (exact) mass is 955 g/mol. The second-order valence-corrected chi connectivity index (χ2v) is 18.1. The molecule has 4 aliphatic rings. The SMILES string of the molecule is CCCCCCCCC[C@H]1N[C@H](CO)[C@@H](O)[C@H](O)[C@H]1O.CCCC[C@H]1N[C@H](CO)[C@@H](O)[C@H](O)[C@H]1O.OC[C@H]1N[C@H](CO)[C@@H](O)C(O)[C@H]1O.OC[C@H]1N[C@H](Cc2ccccc2)[C@H](O)[C@@H](O)[C@@H]1O. The molecule has 0 aromatic heterocycles. The van der Waals surface area contributed by atoms with Crippen molar-refractivity contribution in [1.29, 1.82) is 0 Å². The molecule has 1 aromatic rings. The van der Waals surface area contributed by atoms with E-state index in [0.717, 1.165) is 44.1 Å². The lowest BCUT2D eigenvalue weighted by Crippen LogP contribution is -2.66. The molecule has 21 N–H and O–H groups in total. The molecule has 4 aliphatic heterocycles. The molecule has 20 atom stereocenters. The number of rotatable bonds is 18. The quantitative estimate of drug-likeness (QED) is 0.0609. The zero-order valence-electron chi connectivity index (χ0n) is 38.6. The highest BCUT2D eigenvalue weighted by atomic mass is 16.4. The van der Waals surface area contributed by atoms with Crippen LogP contribution < -0.4 is 21.3 Å². The predicted molar refractivity (Wildman–Crippen MR) is 243 cm³/mol. The van der Waals surface area contributed by atoms with E-state index in [0.29, 0.717) is 6.42 Å². The predicted octanol–water partition coefficient (Wildman–Crippen LogP) is -5.83. The van der Waals surface area contributed by atoms with Crippen LogP contribution in [0.25, 0.3) is 0 Å². The molecule has 1 aromatic carbocycles. The normalized spacial score (nSPS) is 39.0. The largest absolute Gasteiger partial charge is 0.395 e. The smallest absolute Gasteiger partial charge is 0.109 e. The van der Waals surface area contributed by atoms with Crippen molar-refractivity contribution in [3.05, 3.63) is 35.9 Å². The van der Waals surface area contributed by atoms with Gasteiger partial charge in [0.05, 0.1) is 112 Å². The summed E-state index contributed by atoms with van der Waals surface area (Å²) in [5, 5.41) is 172. The minimum absolute atomic E-state index is 0.238. The lowest BCUT2D eigenvalue weighted by molar-refractivity contribution is -0.125. The Labute approximate surface area is 388 Å². The molecule has 388 valence electrons. The second kappa shape index (κ2) is 32.3. The van der Waals surface area contributed by atoms with Gasteiger partial charge in [-0.2, -0.15) is 0 Å². The molecule has 5 rings (SSSR count). The van der Waals surface area contributed by atoms with Gasteiger partial charge >= 0.3 is 0 Å². The third-order valence-corrected chi connectivity index (χ3v) is 13.1. The van der Waals surface area contributed by atoms with Crippen LogP contribution in [0.3, 0.4) is 0 Å². The van der Waals surface area contributed by atoms with Crippen molar-refractivity contribution in [3.63, 3.8) is 0 Å². The minimum Gasteiger partial charge on any atom is -0.395 e. The van der Waals surface area contributed by atoms with Crippen molar-refractivity contribution in [3.8, 4) is 0 Å². The van der Waals surface area contributed by atoms with Crippen LogP contribution in [0, 0.1) is 0 Å². The summed E-state index contributed by atoms with van der Waals surface area (Å²) in [6, 6.07) is 5.54. The van der Waals surface area contributed by atoms with Gasteiger partial charge in [-0.3, -0.25) is 0 Å². The molecule has 1 unspecified atom stereocenters. The third-order valence-electron chi connectivity index (χ3n) is 13.1. The second-order valence-electron chi connectivity index (χ2n) is 18.1. The van der Waals surface area contributed by atoms with Crippen molar-refractivity contribution in [2.24, 2.45) is 0 Å². The van der Waals surface area contributed by atoms with Crippen LogP contribution >= 0.6 is 0 Å². The van der Waals surface area contributed by atoms with E-state index in [9.17, 15) is 61.3 Å². The van der Waals surface area contributed by atoms with Crippen molar-refractivity contribution < 1.29 is 86.8 Å². The van der Waals surface area contributed by atoms with Gasteiger partial charge < -0.3 is 108 Å². The van der Waals surface area contributed by atoms with E-state index >= 15 is 0 Å². The molecule has 4 heterocycles. The molecule has 0 bridgehead atoms. The van der Waals surface area contributed by atoms with Gasteiger partial charge in [0.15, 0.2) is 0 Å². The number of aliphatic hydroxyl groups is 17. The molecular formula is C45H86N4O17. The van der Waals surface area contributed by atoms with E-state index in [2.05, 4.69) is 28.2 Å². The molecule has 0 spiro atoms. The Balaban J connectivity index is 0.000000306. The summed E-state index contributed by atoms with van der Waals surface area (Å²) in [5.74, 6) is 0. The summed E-state index contributed by atoms with van der Waals surface area (Å²) in [6.07, 6.45) is -1.34. The van der Waals surface area contributed by atoms with Crippen LogP contribution in [0.5, 0.6) is 0 Å². The van der Waals surface area contributed by atoms with Gasteiger partial charge in [-0.15, -0.1) is 0 Å². The number of piperidine rings is 4.